The summed E-state index contributed by atoms with van der Waals surface area (Å²) in [5.74, 6) is -2.98. The second kappa shape index (κ2) is 8.25. The normalized spacial score (nSPS) is 16.4. The molecule has 0 rings (SSSR count). The van der Waals surface area contributed by atoms with E-state index in [1.807, 2.05) is 0 Å². The van der Waals surface area contributed by atoms with E-state index >= 15 is 0 Å². The first-order valence-corrected chi connectivity index (χ1v) is 5.52. The fourth-order valence-electron chi connectivity index (χ4n) is 1.33. The number of aliphatic hydroxyl groups excluding tert-OH is 3. The molecule has 0 unspecified atom stereocenters. The molecule has 0 heterocycles. The van der Waals surface area contributed by atoms with E-state index in [2.05, 4.69) is 11.9 Å². The van der Waals surface area contributed by atoms with Crippen LogP contribution in [-0.4, -0.2) is 69.5 Å². The highest BCUT2D eigenvalue weighted by molar-refractivity contribution is 5.83. The van der Waals surface area contributed by atoms with Gasteiger partial charge in [0, 0.05) is 6.92 Å². The molecule has 0 aliphatic rings. The summed E-state index contributed by atoms with van der Waals surface area (Å²) >= 11 is 0. The zero-order valence-electron chi connectivity index (χ0n) is 10.7. The smallest absolute Gasteiger partial charge is 0.370 e. The molecule has 9 nitrogen and oxygen atoms in total. The number of carboxylic acids is 1. The molecule has 0 saturated carbocycles. The summed E-state index contributed by atoms with van der Waals surface area (Å²) in [5, 5.41) is 38.6. The average molecular weight is 291 g/mol. The molecule has 9 heteroatoms. The third kappa shape index (κ3) is 5.34. The van der Waals surface area contributed by atoms with Crippen LogP contribution in [0.15, 0.2) is 12.3 Å². The van der Waals surface area contributed by atoms with Gasteiger partial charge in [0.25, 0.3) is 0 Å². The van der Waals surface area contributed by atoms with Crippen molar-refractivity contribution in [1.29, 1.82) is 0 Å². The van der Waals surface area contributed by atoms with Gasteiger partial charge >= 0.3 is 5.97 Å². The molecule has 0 radical (unpaired) electrons. The van der Waals surface area contributed by atoms with Gasteiger partial charge in [-0.05, 0) is 6.58 Å². The summed E-state index contributed by atoms with van der Waals surface area (Å²) in [6.07, 6.45) is -4.94. The topological polar surface area (TPSA) is 153 Å². The molecule has 0 saturated heterocycles. The van der Waals surface area contributed by atoms with Crippen LogP contribution in [0.3, 0.4) is 0 Å². The van der Waals surface area contributed by atoms with Crippen LogP contribution in [-0.2, 0) is 19.1 Å². The van der Waals surface area contributed by atoms with Gasteiger partial charge in [-0.3, -0.25) is 4.79 Å². The van der Waals surface area contributed by atoms with E-state index in [9.17, 15) is 24.6 Å². The Hall–Kier alpha value is -1.97. The standard InChI is InChI=1S/C11H17NO8/c1-5(11(18)19)20-10(9(17)8(16)4-14)7(3-13)12-6(2)15/h3,7-10,14,16-17H,1,4H2,2H3,(H,12,15)(H,18,19)/t7-,8+,9+,10+/m0/s1. The van der Waals surface area contributed by atoms with Gasteiger partial charge in [0.05, 0.1) is 6.61 Å². The molecule has 1 amide bonds. The van der Waals surface area contributed by atoms with Crippen molar-refractivity contribution >= 4 is 18.2 Å². The molecular weight excluding hydrogens is 274 g/mol. The number of amides is 1. The highest BCUT2D eigenvalue weighted by atomic mass is 16.5. The maximum Gasteiger partial charge on any atom is 0.370 e. The predicted molar refractivity (Wildman–Crippen MR) is 64.4 cm³/mol. The van der Waals surface area contributed by atoms with Gasteiger partial charge in [-0.1, -0.05) is 0 Å². The minimum absolute atomic E-state index is 0.203. The van der Waals surface area contributed by atoms with Crippen LogP contribution in [0.5, 0.6) is 0 Å². The summed E-state index contributed by atoms with van der Waals surface area (Å²) < 4.78 is 4.79. The van der Waals surface area contributed by atoms with E-state index < -0.39 is 48.6 Å². The molecule has 0 spiro atoms. The largest absolute Gasteiger partial charge is 0.478 e. The number of carbonyl (C=O) groups excluding carboxylic acids is 2. The van der Waals surface area contributed by atoms with Crippen LogP contribution in [0.2, 0.25) is 0 Å². The van der Waals surface area contributed by atoms with E-state index in [0.29, 0.717) is 0 Å². The van der Waals surface area contributed by atoms with E-state index in [0.717, 1.165) is 6.92 Å². The van der Waals surface area contributed by atoms with E-state index in [4.69, 9.17) is 14.9 Å². The zero-order chi connectivity index (χ0) is 15.9. The van der Waals surface area contributed by atoms with E-state index in [-0.39, 0.29) is 6.29 Å². The highest BCUT2D eigenvalue weighted by Gasteiger charge is 2.36. The molecule has 0 fully saturated rings. The minimum Gasteiger partial charge on any atom is -0.478 e. The maximum absolute atomic E-state index is 10.9. The lowest BCUT2D eigenvalue weighted by Gasteiger charge is -2.30. The first-order valence-electron chi connectivity index (χ1n) is 5.52. The average Bonchev–Trinajstić information content (AvgIpc) is 2.39. The lowest BCUT2D eigenvalue weighted by Crippen LogP contribution is -2.54. The Labute approximate surface area is 114 Å². The molecule has 0 aliphatic heterocycles. The molecule has 0 aromatic carbocycles. The van der Waals surface area contributed by atoms with Crippen LogP contribution in [0.4, 0.5) is 0 Å². The number of ether oxygens (including phenoxy) is 1. The fraction of sp³-hybridized carbons (Fsp3) is 0.545. The van der Waals surface area contributed by atoms with Gasteiger partial charge in [-0.25, -0.2) is 4.79 Å². The number of aliphatic hydroxyl groups is 3. The van der Waals surface area contributed by atoms with Crippen molar-refractivity contribution in [2.24, 2.45) is 0 Å². The SMILES string of the molecule is C=C(O[C@@H]([C@H](O)[C@H](O)CO)[C@H](C=O)NC(C)=O)C(=O)O. The van der Waals surface area contributed by atoms with Gasteiger partial charge in [0.2, 0.25) is 5.91 Å². The lowest BCUT2D eigenvalue weighted by molar-refractivity contribution is -0.145. The Morgan fingerprint density at radius 2 is 1.95 bits per heavy atom. The molecule has 0 aliphatic carbocycles. The number of aldehydes is 1. The van der Waals surface area contributed by atoms with Crippen LogP contribution in [0.25, 0.3) is 0 Å². The van der Waals surface area contributed by atoms with Crippen molar-refractivity contribution in [3.8, 4) is 0 Å². The highest BCUT2D eigenvalue weighted by Crippen LogP contribution is 2.13. The molecule has 20 heavy (non-hydrogen) atoms. The summed E-state index contributed by atoms with van der Waals surface area (Å²) in [4.78, 5) is 32.5. The van der Waals surface area contributed by atoms with Crippen molar-refractivity contribution in [2.75, 3.05) is 6.61 Å². The molecular formula is C11H17NO8. The zero-order valence-corrected chi connectivity index (χ0v) is 10.7. The van der Waals surface area contributed by atoms with Gasteiger partial charge in [0.15, 0.2) is 11.9 Å². The first-order chi connectivity index (χ1) is 9.24. The molecule has 0 bridgehead atoms. The Balaban J connectivity index is 5.20. The third-order valence-corrected chi connectivity index (χ3v) is 2.31. The minimum atomic E-state index is -1.82. The van der Waals surface area contributed by atoms with Gasteiger partial charge in [-0.2, -0.15) is 0 Å². The van der Waals surface area contributed by atoms with Crippen molar-refractivity contribution in [3.63, 3.8) is 0 Å². The predicted octanol–water partition coefficient (Wildman–Crippen LogP) is -2.61. The van der Waals surface area contributed by atoms with Crippen molar-refractivity contribution < 1.29 is 39.5 Å². The number of nitrogens with one attached hydrogen (secondary N) is 1. The van der Waals surface area contributed by atoms with Crippen molar-refractivity contribution in [1.82, 2.24) is 5.32 Å². The van der Waals surface area contributed by atoms with Crippen LogP contribution in [0.1, 0.15) is 6.92 Å². The lowest BCUT2D eigenvalue weighted by atomic mass is 10.0. The number of hydrogen-bond donors (Lipinski definition) is 5. The fourth-order valence-corrected chi connectivity index (χ4v) is 1.33. The number of carbonyl (C=O) groups is 3. The quantitative estimate of drug-likeness (QED) is 0.176. The number of rotatable bonds is 9. The van der Waals surface area contributed by atoms with Gasteiger partial charge < -0.3 is 35.3 Å². The second-order valence-corrected chi connectivity index (χ2v) is 3.91. The van der Waals surface area contributed by atoms with Gasteiger partial charge in [0.1, 0.15) is 24.5 Å². The summed E-state index contributed by atoms with van der Waals surface area (Å²) in [6, 6.07) is -1.43. The number of hydrogen-bond acceptors (Lipinski definition) is 7. The molecule has 5 N–H and O–H groups in total. The summed E-state index contributed by atoms with van der Waals surface area (Å²) in [5.41, 5.74) is 0. The summed E-state index contributed by atoms with van der Waals surface area (Å²) in [7, 11) is 0. The molecule has 114 valence electrons. The maximum atomic E-state index is 10.9. The Morgan fingerprint density at radius 1 is 1.40 bits per heavy atom. The van der Waals surface area contributed by atoms with Gasteiger partial charge in [-0.15, -0.1) is 0 Å². The monoisotopic (exact) mass is 291 g/mol. The second-order valence-electron chi connectivity index (χ2n) is 3.91. The van der Waals surface area contributed by atoms with Crippen LogP contribution < -0.4 is 5.32 Å². The van der Waals surface area contributed by atoms with Crippen molar-refractivity contribution in [3.05, 3.63) is 12.3 Å². The summed E-state index contributed by atoms with van der Waals surface area (Å²) in [6.45, 7) is 3.29. The molecule has 0 aromatic heterocycles. The molecule has 0 aromatic rings. The van der Waals surface area contributed by atoms with Crippen molar-refractivity contribution in [2.45, 2.75) is 31.3 Å². The Bertz CT molecular complexity index is 383. The Kier molecular flexibility index (Phi) is 7.44. The number of carboxylic acid groups (broad SMARTS) is 1. The van der Waals surface area contributed by atoms with Crippen LogP contribution in [0, 0.1) is 0 Å². The van der Waals surface area contributed by atoms with Crippen LogP contribution >= 0.6 is 0 Å². The first kappa shape index (κ1) is 18.0. The molecule has 4 atom stereocenters. The Morgan fingerprint density at radius 3 is 2.30 bits per heavy atom. The number of aliphatic carboxylic acids is 1. The van der Waals surface area contributed by atoms with E-state index in [1.165, 1.54) is 0 Å². The van der Waals surface area contributed by atoms with E-state index in [1.54, 1.807) is 0 Å². The third-order valence-electron chi connectivity index (χ3n) is 2.31.